The topological polar surface area (TPSA) is 36.4 Å². The largest absolute Gasteiger partial charge is 0.340 e. The van der Waals surface area contributed by atoms with E-state index in [-0.39, 0.29) is 0 Å². The van der Waals surface area contributed by atoms with Crippen LogP contribution in [0.5, 0.6) is 0 Å². The van der Waals surface area contributed by atoms with Crippen LogP contribution in [0.15, 0.2) is 24.5 Å². The monoisotopic (exact) mass is 301 g/mol. The zero-order valence-electron chi connectivity index (χ0n) is 13.6. The van der Waals surface area contributed by atoms with E-state index in [1.54, 1.807) is 0 Å². The highest BCUT2D eigenvalue weighted by Gasteiger charge is 2.27. The van der Waals surface area contributed by atoms with Gasteiger partial charge in [0.1, 0.15) is 0 Å². The number of nitrogens with zero attached hydrogens (tertiary/aromatic N) is 3. The Bertz CT molecular complexity index is 476. The smallest absolute Gasteiger partial charge is 0.222 e. The third-order valence-electron chi connectivity index (χ3n) is 5.34. The molecule has 0 radical (unpaired) electrons. The number of pyridine rings is 1. The highest BCUT2D eigenvalue weighted by molar-refractivity contribution is 5.76. The average Bonchev–Trinajstić information content (AvgIpc) is 3.08. The number of hydrogen-bond donors (Lipinski definition) is 0. The van der Waals surface area contributed by atoms with Crippen LogP contribution in [-0.2, 0) is 4.79 Å². The SMILES string of the molecule is C[C@@H](c1ccncc1)N1CCN(C(=O)CC2CCCC2)CC1. The fourth-order valence-corrected chi connectivity index (χ4v) is 3.80. The molecule has 2 fully saturated rings. The van der Waals surface area contributed by atoms with Crippen LogP contribution in [-0.4, -0.2) is 46.9 Å². The van der Waals surface area contributed by atoms with Crippen LogP contribution in [0.2, 0.25) is 0 Å². The molecule has 0 bridgehead atoms. The molecule has 2 aliphatic rings. The zero-order chi connectivity index (χ0) is 15.4. The molecule has 1 saturated carbocycles. The first-order valence-electron chi connectivity index (χ1n) is 8.66. The van der Waals surface area contributed by atoms with Gasteiger partial charge in [0.25, 0.3) is 0 Å². The summed E-state index contributed by atoms with van der Waals surface area (Å²) in [7, 11) is 0. The highest BCUT2D eigenvalue weighted by atomic mass is 16.2. The lowest BCUT2D eigenvalue weighted by molar-refractivity contribution is -0.134. The first-order valence-corrected chi connectivity index (χ1v) is 8.66. The molecular weight excluding hydrogens is 274 g/mol. The lowest BCUT2D eigenvalue weighted by Gasteiger charge is -2.38. The van der Waals surface area contributed by atoms with Crippen LogP contribution in [0.25, 0.3) is 0 Å². The molecule has 1 aromatic rings. The molecule has 22 heavy (non-hydrogen) atoms. The van der Waals surface area contributed by atoms with E-state index in [2.05, 4.69) is 33.8 Å². The van der Waals surface area contributed by atoms with Crippen molar-refractivity contribution in [1.82, 2.24) is 14.8 Å². The minimum Gasteiger partial charge on any atom is -0.340 e. The summed E-state index contributed by atoms with van der Waals surface area (Å²) in [6.45, 7) is 5.94. The van der Waals surface area contributed by atoms with E-state index < -0.39 is 0 Å². The van der Waals surface area contributed by atoms with E-state index in [0.717, 1.165) is 32.6 Å². The Balaban J connectivity index is 1.48. The number of piperazine rings is 1. The van der Waals surface area contributed by atoms with Gasteiger partial charge in [0, 0.05) is 51.0 Å². The van der Waals surface area contributed by atoms with Crippen LogP contribution in [0.3, 0.4) is 0 Å². The molecule has 2 heterocycles. The molecule has 120 valence electrons. The predicted octanol–water partition coefficient (Wildman–Crippen LogP) is 2.87. The minimum atomic E-state index is 0.378. The average molecular weight is 301 g/mol. The Morgan fingerprint density at radius 3 is 2.45 bits per heavy atom. The molecule has 1 saturated heterocycles. The third-order valence-corrected chi connectivity index (χ3v) is 5.34. The fourth-order valence-electron chi connectivity index (χ4n) is 3.80. The quantitative estimate of drug-likeness (QED) is 0.858. The molecule has 0 unspecified atom stereocenters. The van der Waals surface area contributed by atoms with E-state index >= 15 is 0 Å². The van der Waals surface area contributed by atoms with Gasteiger partial charge in [0.2, 0.25) is 5.91 Å². The van der Waals surface area contributed by atoms with Gasteiger partial charge in [0.15, 0.2) is 0 Å². The van der Waals surface area contributed by atoms with Gasteiger partial charge in [-0.3, -0.25) is 14.7 Å². The maximum Gasteiger partial charge on any atom is 0.222 e. The molecule has 0 aromatic carbocycles. The van der Waals surface area contributed by atoms with Crippen molar-refractivity contribution in [2.24, 2.45) is 5.92 Å². The van der Waals surface area contributed by atoms with Crippen LogP contribution < -0.4 is 0 Å². The van der Waals surface area contributed by atoms with Crippen molar-refractivity contribution in [3.05, 3.63) is 30.1 Å². The summed E-state index contributed by atoms with van der Waals surface area (Å²) in [5, 5.41) is 0. The van der Waals surface area contributed by atoms with Crippen LogP contribution >= 0.6 is 0 Å². The molecule has 0 N–H and O–H groups in total. The van der Waals surface area contributed by atoms with Gasteiger partial charge in [-0.1, -0.05) is 12.8 Å². The second-order valence-electron chi connectivity index (χ2n) is 6.73. The van der Waals surface area contributed by atoms with E-state index in [1.807, 2.05) is 12.4 Å². The maximum absolute atomic E-state index is 12.4. The normalized spacial score (nSPS) is 22.0. The van der Waals surface area contributed by atoms with Gasteiger partial charge in [-0.25, -0.2) is 0 Å². The Morgan fingerprint density at radius 1 is 1.18 bits per heavy atom. The van der Waals surface area contributed by atoms with Gasteiger partial charge < -0.3 is 4.90 Å². The third kappa shape index (κ3) is 3.67. The van der Waals surface area contributed by atoms with E-state index in [9.17, 15) is 4.79 Å². The molecule has 1 aliphatic carbocycles. The number of aromatic nitrogens is 1. The lowest BCUT2D eigenvalue weighted by Crippen LogP contribution is -2.49. The Hall–Kier alpha value is -1.42. The van der Waals surface area contributed by atoms with Crippen LogP contribution in [0.4, 0.5) is 0 Å². The van der Waals surface area contributed by atoms with Crippen molar-refractivity contribution >= 4 is 5.91 Å². The molecular formula is C18H27N3O. The number of amides is 1. The van der Waals surface area contributed by atoms with Crippen molar-refractivity contribution in [3.63, 3.8) is 0 Å². The Morgan fingerprint density at radius 2 is 1.82 bits per heavy atom. The van der Waals surface area contributed by atoms with Crippen molar-refractivity contribution in [3.8, 4) is 0 Å². The summed E-state index contributed by atoms with van der Waals surface area (Å²) >= 11 is 0. The van der Waals surface area contributed by atoms with E-state index in [0.29, 0.717) is 17.9 Å². The molecule has 1 aromatic heterocycles. The molecule has 4 heteroatoms. The second-order valence-corrected chi connectivity index (χ2v) is 6.73. The molecule has 1 aliphatic heterocycles. The molecule has 1 atom stereocenters. The highest BCUT2D eigenvalue weighted by Crippen LogP contribution is 2.28. The zero-order valence-corrected chi connectivity index (χ0v) is 13.6. The van der Waals surface area contributed by atoms with Gasteiger partial charge in [-0.15, -0.1) is 0 Å². The van der Waals surface area contributed by atoms with E-state index in [4.69, 9.17) is 0 Å². The first kappa shape index (κ1) is 15.5. The molecule has 4 nitrogen and oxygen atoms in total. The maximum atomic E-state index is 12.4. The second kappa shape index (κ2) is 7.23. The molecule has 3 rings (SSSR count). The summed E-state index contributed by atoms with van der Waals surface area (Å²) in [6.07, 6.45) is 9.63. The number of carbonyl (C=O) groups is 1. The molecule has 0 spiro atoms. The fraction of sp³-hybridized carbons (Fsp3) is 0.667. The van der Waals surface area contributed by atoms with Gasteiger partial charge in [-0.2, -0.15) is 0 Å². The predicted molar refractivity (Wildman–Crippen MR) is 87.4 cm³/mol. The Labute approximate surface area is 133 Å². The number of carbonyl (C=O) groups excluding carboxylic acids is 1. The lowest BCUT2D eigenvalue weighted by atomic mass is 10.0. The summed E-state index contributed by atoms with van der Waals surface area (Å²) in [5.41, 5.74) is 1.31. The van der Waals surface area contributed by atoms with Crippen LogP contribution in [0.1, 0.15) is 50.6 Å². The van der Waals surface area contributed by atoms with Gasteiger partial charge in [0.05, 0.1) is 0 Å². The van der Waals surface area contributed by atoms with Gasteiger partial charge in [-0.05, 0) is 43.4 Å². The summed E-state index contributed by atoms with van der Waals surface area (Å²) in [5.74, 6) is 1.03. The Kier molecular flexibility index (Phi) is 5.08. The summed E-state index contributed by atoms with van der Waals surface area (Å²) in [6, 6.07) is 4.57. The van der Waals surface area contributed by atoms with Gasteiger partial charge >= 0.3 is 0 Å². The van der Waals surface area contributed by atoms with Crippen LogP contribution in [0, 0.1) is 5.92 Å². The van der Waals surface area contributed by atoms with Crippen molar-refractivity contribution < 1.29 is 4.79 Å². The van der Waals surface area contributed by atoms with Crippen molar-refractivity contribution in [2.75, 3.05) is 26.2 Å². The molecule has 1 amide bonds. The summed E-state index contributed by atoms with van der Waals surface area (Å²) in [4.78, 5) is 21.0. The number of rotatable bonds is 4. The van der Waals surface area contributed by atoms with Crippen molar-refractivity contribution in [1.29, 1.82) is 0 Å². The van der Waals surface area contributed by atoms with E-state index in [1.165, 1.54) is 31.2 Å². The summed E-state index contributed by atoms with van der Waals surface area (Å²) < 4.78 is 0. The minimum absolute atomic E-state index is 0.378. The first-order chi connectivity index (χ1) is 10.7. The van der Waals surface area contributed by atoms with Crippen molar-refractivity contribution in [2.45, 2.75) is 45.1 Å². The standard InChI is InChI=1S/C18H27N3O/c1-15(17-6-8-19-9-7-17)20-10-12-21(13-11-20)18(22)14-16-4-2-3-5-16/h6-9,15-16H,2-5,10-14H2,1H3/t15-/m0/s1. The number of hydrogen-bond acceptors (Lipinski definition) is 3.